The molecule has 0 spiro atoms. The van der Waals surface area contributed by atoms with E-state index in [0.717, 1.165) is 68.3 Å². The van der Waals surface area contributed by atoms with Crippen LogP contribution in [0.5, 0.6) is 5.75 Å². The largest absolute Gasteiger partial charge is 0.506 e. The molecule has 1 heterocycles. The number of benzene rings is 2. The number of phenols is 1. The first-order chi connectivity index (χ1) is 15.1. The summed E-state index contributed by atoms with van der Waals surface area (Å²) in [4.78, 5) is 21.1. The zero-order valence-corrected chi connectivity index (χ0v) is 20.8. The van der Waals surface area contributed by atoms with Gasteiger partial charge in [-0.15, -0.1) is 24.0 Å². The van der Waals surface area contributed by atoms with Crippen LogP contribution in [0.25, 0.3) is 0 Å². The van der Waals surface area contributed by atoms with Gasteiger partial charge in [-0.1, -0.05) is 30.7 Å². The van der Waals surface area contributed by atoms with E-state index in [-0.39, 0.29) is 35.8 Å². The predicted octanol–water partition coefficient (Wildman–Crippen LogP) is 3.65. The van der Waals surface area contributed by atoms with Gasteiger partial charge in [-0.3, -0.25) is 9.79 Å². The summed E-state index contributed by atoms with van der Waals surface area (Å²) in [6.45, 7) is 3.93. The number of carbonyl (C=O) groups excluding carboxylic acids is 1. The molecule has 1 amide bonds. The zero-order valence-electron chi connectivity index (χ0n) is 18.5. The van der Waals surface area contributed by atoms with Gasteiger partial charge in [0.15, 0.2) is 5.96 Å². The number of guanidine groups is 1. The van der Waals surface area contributed by atoms with Crippen molar-refractivity contribution in [3.63, 3.8) is 0 Å². The number of rotatable bonds is 5. The average Bonchev–Trinajstić information content (AvgIpc) is 2.74. The number of hydrogen-bond donors (Lipinski definition) is 3. The molecule has 0 unspecified atom stereocenters. The Morgan fingerprint density at radius 2 is 1.84 bits per heavy atom. The minimum absolute atomic E-state index is 0. The van der Waals surface area contributed by atoms with Gasteiger partial charge in [0.1, 0.15) is 5.75 Å². The Balaban J connectivity index is 0.00000289. The van der Waals surface area contributed by atoms with Gasteiger partial charge in [-0.05, 0) is 42.7 Å². The Kier molecular flexibility index (Phi) is 8.60. The molecular formula is C24H32IN5O2. The van der Waals surface area contributed by atoms with Gasteiger partial charge < -0.3 is 25.5 Å². The third-order valence-electron chi connectivity index (χ3n) is 6.13. The number of nitrogens with one attached hydrogen (secondary N) is 2. The fourth-order valence-electron chi connectivity index (χ4n) is 4.08. The van der Waals surface area contributed by atoms with E-state index in [2.05, 4.69) is 31.5 Å². The van der Waals surface area contributed by atoms with Gasteiger partial charge in [0.2, 0.25) is 5.91 Å². The zero-order chi connectivity index (χ0) is 21.6. The monoisotopic (exact) mass is 549 g/mol. The standard InChI is InChI=1S/C24H31N5O2.HI/c1-25-24(29-14-12-28(13-15-29)21-10-2-3-11-22(21)30)26-17-18-6-4-9-20(16-18)27-23(31)19-7-5-8-19;/h2-4,6,9-11,16,19,30H,5,7-8,12-15,17H2,1H3,(H,25,26)(H,27,31);1H. The number of amides is 1. The number of carbonyl (C=O) groups is 1. The minimum Gasteiger partial charge on any atom is -0.506 e. The van der Waals surface area contributed by atoms with E-state index in [4.69, 9.17) is 0 Å². The second kappa shape index (κ2) is 11.4. The highest BCUT2D eigenvalue weighted by Crippen LogP contribution is 2.28. The van der Waals surface area contributed by atoms with Crippen LogP contribution in [0.15, 0.2) is 53.5 Å². The average molecular weight is 549 g/mol. The SMILES string of the molecule is CN=C(NCc1cccc(NC(=O)C2CCC2)c1)N1CCN(c2ccccc2O)CC1.I. The number of nitrogens with zero attached hydrogens (tertiary/aromatic N) is 3. The molecule has 0 bridgehead atoms. The molecule has 1 aliphatic heterocycles. The molecule has 2 aromatic carbocycles. The number of halogens is 1. The number of aliphatic imine (C=N–C) groups is 1. The lowest BCUT2D eigenvalue weighted by Crippen LogP contribution is -2.52. The summed E-state index contributed by atoms with van der Waals surface area (Å²) >= 11 is 0. The van der Waals surface area contributed by atoms with Gasteiger partial charge in [-0.25, -0.2) is 0 Å². The van der Waals surface area contributed by atoms with Crippen molar-refractivity contribution in [1.82, 2.24) is 10.2 Å². The Morgan fingerprint density at radius 3 is 2.50 bits per heavy atom. The van der Waals surface area contributed by atoms with Gasteiger partial charge in [0.05, 0.1) is 5.69 Å². The second-order valence-electron chi connectivity index (χ2n) is 8.18. The third kappa shape index (κ3) is 5.85. The third-order valence-corrected chi connectivity index (χ3v) is 6.13. The van der Waals surface area contributed by atoms with E-state index < -0.39 is 0 Å². The summed E-state index contributed by atoms with van der Waals surface area (Å²) in [6.07, 6.45) is 3.16. The molecule has 0 aromatic heterocycles. The summed E-state index contributed by atoms with van der Waals surface area (Å²) in [6, 6.07) is 15.5. The maximum absolute atomic E-state index is 12.2. The number of aromatic hydroxyl groups is 1. The maximum atomic E-state index is 12.2. The lowest BCUT2D eigenvalue weighted by atomic mass is 9.85. The number of hydrogen-bond acceptors (Lipinski definition) is 4. The molecule has 2 aliphatic rings. The van der Waals surface area contributed by atoms with E-state index in [1.54, 1.807) is 13.1 Å². The van der Waals surface area contributed by atoms with Crippen LogP contribution in [0.3, 0.4) is 0 Å². The normalized spacial score (nSPS) is 16.7. The fourth-order valence-corrected chi connectivity index (χ4v) is 4.08. The lowest BCUT2D eigenvalue weighted by molar-refractivity contribution is -0.122. The first-order valence-corrected chi connectivity index (χ1v) is 11.0. The summed E-state index contributed by atoms with van der Waals surface area (Å²) in [5, 5.41) is 16.6. The van der Waals surface area contributed by atoms with E-state index in [1.807, 2.05) is 36.4 Å². The summed E-state index contributed by atoms with van der Waals surface area (Å²) < 4.78 is 0. The van der Waals surface area contributed by atoms with E-state index in [0.29, 0.717) is 12.3 Å². The Morgan fingerprint density at radius 1 is 1.09 bits per heavy atom. The van der Waals surface area contributed by atoms with E-state index in [9.17, 15) is 9.90 Å². The Hall–Kier alpha value is -2.49. The molecule has 1 saturated carbocycles. The van der Waals surface area contributed by atoms with Crippen LogP contribution in [0.4, 0.5) is 11.4 Å². The van der Waals surface area contributed by atoms with Crippen LogP contribution in [0, 0.1) is 5.92 Å². The lowest BCUT2D eigenvalue weighted by Gasteiger charge is -2.37. The van der Waals surface area contributed by atoms with Crippen molar-refractivity contribution in [2.24, 2.45) is 10.9 Å². The molecule has 1 saturated heterocycles. The first-order valence-electron chi connectivity index (χ1n) is 11.0. The summed E-state index contributed by atoms with van der Waals surface area (Å²) in [5.74, 6) is 1.50. The van der Waals surface area contributed by atoms with Crippen molar-refractivity contribution in [3.8, 4) is 5.75 Å². The quantitative estimate of drug-likeness (QED) is 0.302. The van der Waals surface area contributed by atoms with Crippen molar-refractivity contribution in [3.05, 3.63) is 54.1 Å². The van der Waals surface area contributed by atoms with Crippen LogP contribution >= 0.6 is 24.0 Å². The van der Waals surface area contributed by atoms with Crippen LogP contribution in [-0.4, -0.2) is 55.1 Å². The number of piperazine rings is 1. The highest BCUT2D eigenvalue weighted by molar-refractivity contribution is 14.0. The summed E-state index contributed by atoms with van der Waals surface area (Å²) in [5.41, 5.74) is 2.83. The molecular weight excluding hydrogens is 517 g/mol. The fraction of sp³-hybridized carbons (Fsp3) is 0.417. The predicted molar refractivity (Wildman–Crippen MR) is 140 cm³/mol. The Labute approximate surface area is 206 Å². The van der Waals surface area contributed by atoms with Crippen LogP contribution in [-0.2, 0) is 11.3 Å². The van der Waals surface area contributed by atoms with Gasteiger partial charge in [0, 0.05) is 51.4 Å². The number of anilines is 2. The van der Waals surface area contributed by atoms with Crippen LogP contribution < -0.4 is 15.5 Å². The van der Waals surface area contributed by atoms with Crippen molar-refractivity contribution in [2.45, 2.75) is 25.8 Å². The summed E-state index contributed by atoms with van der Waals surface area (Å²) in [7, 11) is 1.80. The highest BCUT2D eigenvalue weighted by Gasteiger charge is 2.25. The van der Waals surface area contributed by atoms with Crippen molar-refractivity contribution in [1.29, 1.82) is 0 Å². The van der Waals surface area contributed by atoms with Crippen LogP contribution in [0.2, 0.25) is 0 Å². The van der Waals surface area contributed by atoms with Crippen molar-refractivity contribution in [2.75, 3.05) is 43.4 Å². The minimum atomic E-state index is 0. The molecule has 8 heteroatoms. The van der Waals surface area contributed by atoms with Crippen LogP contribution in [0.1, 0.15) is 24.8 Å². The molecule has 32 heavy (non-hydrogen) atoms. The molecule has 2 fully saturated rings. The maximum Gasteiger partial charge on any atom is 0.227 e. The molecule has 7 nitrogen and oxygen atoms in total. The highest BCUT2D eigenvalue weighted by atomic mass is 127. The smallest absolute Gasteiger partial charge is 0.227 e. The topological polar surface area (TPSA) is 80.2 Å². The molecule has 4 rings (SSSR count). The number of phenolic OH excluding ortho intramolecular Hbond substituents is 1. The molecule has 0 radical (unpaired) electrons. The Bertz CT molecular complexity index is 939. The number of para-hydroxylation sites is 2. The molecule has 3 N–H and O–H groups in total. The van der Waals surface area contributed by atoms with E-state index >= 15 is 0 Å². The molecule has 172 valence electrons. The van der Waals surface area contributed by atoms with Crippen molar-refractivity contribution < 1.29 is 9.90 Å². The molecule has 0 atom stereocenters. The van der Waals surface area contributed by atoms with Gasteiger partial charge >= 0.3 is 0 Å². The van der Waals surface area contributed by atoms with E-state index in [1.165, 1.54) is 0 Å². The molecule has 2 aromatic rings. The second-order valence-corrected chi connectivity index (χ2v) is 8.18. The van der Waals surface area contributed by atoms with Gasteiger partial charge in [0.25, 0.3) is 0 Å². The van der Waals surface area contributed by atoms with Crippen molar-refractivity contribution >= 4 is 47.2 Å². The molecule has 1 aliphatic carbocycles. The van der Waals surface area contributed by atoms with Gasteiger partial charge in [-0.2, -0.15) is 0 Å². The first kappa shape index (κ1) is 24.2.